The van der Waals surface area contributed by atoms with Gasteiger partial charge in [-0.3, -0.25) is 4.79 Å². The zero-order valence-electron chi connectivity index (χ0n) is 10.8. The molecule has 0 heterocycles. The van der Waals surface area contributed by atoms with Crippen molar-refractivity contribution in [2.24, 2.45) is 0 Å². The lowest BCUT2D eigenvalue weighted by atomic mass is 10.2. The zero-order chi connectivity index (χ0) is 12.7. The molecule has 1 atom stereocenters. The first kappa shape index (κ1) is 14.4. The van der Waals surface area contributed by atoms with Crippen LogP contribution in [0.15, 0.2) is 0 Å². The largest absolute Gasteiger partial charge is 0.480 e. The Bertz CT molecular complexity index is 232. The highest BCUT2D eigenvalue weighted by Crippen LogP contribution is 2.20. The van der Waals surface area contributed by atoms with Crippen molar-refractivity contribution in [2.75, 3.05) is 33.4 Å². The van der Waals surface area contributed by atoms with Gasteiger partial charge in [0.15, 0.2) is 0 Å². The monoisotopic (exact) mass is 244 g/mol. The highest BCUT2D eigenvalue weighted by molar-refractivity contribution is 5.73. The van der Waals surface area contributed by atoms with Crippen LogP contribution in [0.3, 0.4) is 0 Å². The number of aliphatic carboxylic acids is 1. The Labute approximate surface area is 103 Å². The van der Waals surface area contributed by atoms with Gasteiger partial charge in [-0.1, -0.05) is 0 Å². The zero-order valence-corrected chi connectivity index (χ0v) is 10.8. The number of nitrogens with one attached hydrogen (secondary N) is 1. The van der Waals surface area contributed by atoms with Gasteiger partial charge in [-0.15, -0.1) is 0 Å². The second kappa shape index (κ2) is 7.63. The van der Waals surface area contributed by atoms with E-state index in [1.807, 2.05) is 14.0 Å². The number of hydrogen-bond acceptors (Lipinski definition) is 4. The van der Waals surface area contributed by atoms with Crippen molar-refractivity contribution in [3.63, 3.8) is 0 Å². The predicted octanol–water partition coefficient (Wildman–Crippen LogP) is 0.550. The van der Waals surface area contributed by atoms with Crippen LogP contribution in [0.2, 0.25) is 0 Å². The Balaban J connectivity index is 2.13. The lowest BCUT2D eigenvalue weighted by molar-refractivity contribution is -0.139. The van der Waals surface area contributed by atoms with E-state index in [-0.39, 0.29) is 0 Å². The maximum atomic E-state index is 11.0. The Morgan fingerprint density at radius 3 is 2.76 bits per heavy atom. The van der Waals surface area contributed by atoms with Crippen LogP contribution in [0.4, 0.5) is 0 Å². The SMILES string of the molecule is CCOCCN(C)CCC(NC1CC1)C(=O)O. The van der Waals surface area contributed by atoms with E-state index < -0.39 is 12.0 Å². The summed E-state index contributed by atoms with van der Waals surface area (Å²) in [5.41, 5.74) is 0. The Hall–Kier alpha value is -0.650. The number of rotatable bonds is 10. The number of carboxylic acids is 1. The molecule has 0 aromatic carbocycles. The van der Waals surface area contributed by atoms with Gasteiger partial charge < -0.3 is 20.1 Å². The Morgan fingerprint density at radius 2 is 2.24 bits per heavy atom. The van der Waals surface area contributed by atoms with Crippen molar-refractivity contribution in [1.82, 2.24) is 10.2 Å². The molecule has 0 amide bonds. The number of likely N-dealkylation sites (N-methyl/N-ethyl adjacent to an activating group) is 1. The third-order valence-corrected chi connectivity index (χ3v) is 2.93. The number of carboxylic acid groups (broad SMARTS) is 1. The van der Waals surface area contributed by atoms with Gasteiger partial charge in [0, 0.05) is 19.2 Å². The molecule has 0 spiro atoms. The van der Waals surface area contributed by atoms with Crippen molar-refractivity contribution < 1.29 is 14.6 Å². The molecule has 0 bridgehead atoms. The molecule has 5 heteroatoms. The predicted molar refractivity (Wildman–Crippen MR) is 66.2 cm³/mol. The van der Waals surface area contributed by atoms with Gasteiger partial charge in [-0.05, 0) is 39.8 Å². The second-order valence-corrected chi connectivity index (χ2v) is 4.62. The van der Waals surface area contributed by atoms with E-state index in [9.17, 15) is 4.79 Å². The molecule has 1 fully saturated rings. The van der Waals surface area contributed by atoms with E-state index in [0.29, 0.717) is 19.1 Å². The first-order valence-electron chi connectivity index (χ1n) is 6.38. The first-order valence-corrected chi connectivity index (χ1v) is 6.38. The highest BCUT2D eigenvalue weighted by Gasteiger charge is 2.27. The molecule has 1 aliphatic carbocycles. The van der Waals surface area contributed by atoms with Crippen molar-refractivity contribution in [1.29, 1.82) is 0 Å². The summed E-state index contributed by atoms with van der Waals surface area (Å²) in [6.45, 7) is 5.04. The van der Waals surface area contributed by atoms with Gasteiger partial charge in [0.25, 0.3) is 0 Å². The van der Waals surface area contributed by atoms with Crippen LogP contribution in [0, 0.1) is 0 Å². The summed E-state index contributed by atoms with van der Waals surface area (Å²) in [6.07, 6.45) is 2.88. The summed E-state index contributed by atoms with van der Waals surface area (Å²) < 4.78 is 5.26. The fraction of sp³-hybridized carbons (Fsp3) is 0.917. The molecule has 2 N–H and O–H groups in total. The van der Waals surface area contributed by atoms with Gasteiger partial charge >= 0.3 is 5.97 Å². The van der Waals surface area contributed by atoms with Gasteiger partial charge in [0.1, 0.15) is 6.04 Å². The Kier molecular flexibility index (Phi) is 6.47. The molecule has 1 rings (SSSR count). The highest BCUT2D eigenvalue weighted by atomic mass is 16.5. The molecule has 0 aliphatic heterocycles. The minimum absolute atomic E-state index is 0.406. The Morgan fingerprint density at radius 1 is 1.53 bits per heavy atom. The number of nitrogens with zero attached hydrogens (tertiary/aromatic N) is 1. The molecule has 0 aromatic heterocycles. The van der Waals surface area contributed by atoms with Crippen LogP contribution in [0.1, 0.15) is 26.2 Å². The molecule has 0 radical (unpaired) electrons. The quantitative estimate of drug-likeness (QED) is 0.550. The summed E-state index contributed by atoms with van der Waals surface area (Å²) in [7, 11) is 2.00. The van der Waals surface area contributed by atoms with Crippen LogP contribution in [-0.2, 0) is 9.53 Å². The molecule has 1 unspecified atom stereocenters. The second-order valence-electron chi connectivity index (χ2n) is 4.62. The van der Waals surface area contributed by atoms with Gasteiger partial charge in [0.2, 0.25) is 0 Å². The van der Waals surface area contributed by atoms with E-state index in [1.54, 1.807) is 0 Å². The van der Waals surface area contributed by atoms with Crippen molar-refractivity contribution in [2.45, 2.75) is 38.3 Å². The maximum Gasteiger partial charge on any atom is 0.320 e. The van der Waals surface area contributed by atoms with Crippen LogP contribution in [0.5, 0.6) is 0 Å². The fourth-order valence-electron chi connectivity index (χ4n) is 1.64. The minimum Gasteiger partial charge on any atom is -0.480 e. The molecular weight excluding hydrogens is 220 g/mol. The fourth-order valence-corrected chi connectivity index (χ4v) is 1.64. The summed E-state index contributed by atoms with van der Waals surface area (Å²) in [5.74, 6) is -0.741. The van der Waals surface area contributed by atoms with Crippen molar-refractivity contribution >= 4 is 5.97 Å². The third kappa shape index (κ3) is 6.61. The van der Waals surface area contributed by atoms with Crippen LogP contribution in [-0.4, -0.2) is 61.4 Å². The van der Waals surface area contributed by atoms with Gasteiger partial charge in [-0.25, -0.2) is 0 Å². The van der Waals surface area contributed by atoms with Crippen molar-refractivity contribution in [3.05, 3.63) is 0 Å². The molecule has 100 valence electrons. The van der Waals surface area contributed by atoms with E-state index in [4.69, 9.17) is 9.84 Å². The normalized spacial score (nSPS) is 17.4. The minimum atomic E-state index is -0.741. The number of carbonyl (C=O) groups is 1. The summed E-state index contributed by atoms with van der Waals surface area (Å²) in [4.78, 5) is 13.1. The van der Waals surface area contributed by atoms with E-state index in [1.165, 1.54) is 0 Å². The molecule has 1 saturated carbocycles. The van der Waals surface area contributed by atoms with Gasteiger partial charge in [-0.2, -0.15) is 0 Å². The topological polar surface area (TPSA) is 61.8 Å². The van der Waals surface area contributed by atoms with E-state index >= 15 is 0 Å². The first-order chi connectivity index (χ1) is 8.13. The van der Waals surface area contributed by atoms with Crippen LogP contribution < -0.4 is 5.32 Å². The molecule has 5 nitrogen and oxygen atoms in total. The lowest BCUT2D eigenvalue weighted by Gasteiger charge is -2.20. The van der Waals surface area contributed by atoms with E-state index in [2.05, 4.69) is 10.2 Å². The molecule has 0 aromatic rings. The molecule has 1 aliphatic rings. The summed E-state index contributed by atoms with van der Waals surface area (Å²) >= 11 is 0. The van der Waals surface area contributed by atoms with E-state index in [0.717, 1.165) is 32.5 Å². The number of ether oxygens (including phenoxy) is 1. The van der Waals surface area contributed by atoms with Crippen LogP contribution in [0.25, 0.3) is 0 Å². The standard InChI is InChI=1S/C12H24N2O3/c1-3-17-9-8-14(2)7-6-11(12(15)16)13-10-4-5-10/h10-11,13H,3-9H2,1-2H3,(H,15,16). The smallest absolute Gasteiger partial charge is 0.320 e. The summed E-state index contributed by atoms with van der Waals surface area (Å²) in [6, 6.07) is 0.0295. The summed E-state index contributed by atoms with van der Waals surface area (Å²) in [5, 5.41) is 12.2. The molecular formula is C12H24N2O3. The molecule has 0 saturated heterocycles. The lowest BCUT2D eigenvalue weighted by Crippen LogP contribution is -2.40. The average Bonchev–Trinajstić information content (AvgIpc) is 3.08. The maximum absolute atomic E-state index is 11.0. The third-order valence-electron chi connectivity index (χ3n) is 2.93. The van der Waals surface area contributed by atoms with Crippen LogP contribution >= 0.6 is 0 Å². The van der Waals surface area contributed by atoms with Crippen molar-refractivity contribution in [3.8, 4) is 0 Å². The molecule has 17 heavy (non-hydrogen) atoms. The average molecular weight is 244 g/mol. The number of hydrogen-bond donors (Lipinski definition) is 2. The van der Waals surface area contributed by atoms with Gasteiger partial charge in [0.05, 0.1) is 6.61 Å².